The monoisotopic (exact) mass is 279 g/mol. The standard InChI is InChI=1S/C17H26FNO/c1-2-14-6-5-11-19(12-9-14)13-10-17(20)15-7-3-4-8-16(15)18/h3-4,7-8,14,17,20H,2,5-6,9-13H2,1H3. The van der Waals surface area contributed by atoms with Crippen LogP contribution in [0.25, 0.3) is 0 Å². The SMILES string of the molecule is CCC1CCCN(CCC(O)c2ccccc2F)CC1. The first-order chi connectivity index (χ1) is 9.70. The summed E-state index contributed by atoms with van der Waals surface area (Å²) < 4.78 is 13.6. The van der Waals surface area contributed by atoms with Gasteiger partial charge in [-0.25, -0.2) is 4.39 Å². The summed E-state index contributed by atoms with van der Waals surface area (Å²) in [6, 6.07) is 6.52. The number of halogens is 1. The molecule has 0 bridgehead atoms. The highest BCUT2D eigenvalue weighted by molar-refractivity contribution is 5.19. The minimum atomic E-state index is -0.693. The van der Waals surface area contributed by atoms with Crippen molar-refractivity contribution in [3.8, 4) is 0 Å². The molecule has 2 atom stereocenters. The second kappa shape index (κ2) is 7.75. The molecular formula is C17H26FNO. The van der Waals surface area contributed by atoms with Crippen molar-refractivity contribution in [2.24, 2.45) is 5.92 Å². The van der Waals surface area contributed by atoms with Gasteiger partial charge in [-0.2, -0.15) is 0 Å². The van der Waals surface area contributed by atoms with E-state index in [0.29, 0.717) is 12.0 Å². The minimum Gasteiger partial charge on any atom is -0.388 e. The molecule has 0 saturated carbocycles. The van der Waals surface area contributed by atoms with E-state index in [2.05, 4.69) is 11.8 Å². The van der Waals surface area contributed by atoms with Gasteiger partial charge in [0.15, 0.2) is 0 Å². The van der Waals surface area contributed by atoms with E-state index in [1.165, 1.54) is 31.7 Å². The van der Waals surface area contributed by atoms with Gasteiger partial charge in [0.25, 0.3) is 0 Å². The Morgan fingerprint density at radius 3 is 2.85 bits per heavy atom. The van der Waals surface area contributed by atoms with E-state index >= 15 is 0 Å². The zero-order valence-corrected chi connectivity index (χ0v) is 12.4. The quantitative estimate of drug-likeness (QED) is 0.887. The Kier molecular flexibility index (Phi) is 5.99. The van der Waals surface area contributed by atoms with Crippen LogP contribution in [0.15, 0.2) is 24.3 Å². The van der Waals surface area contributed by atoms with Crippen LogP contribution in [0.5, 0.6) is 0 Å². The summed E-state index contributed by atoms with van der Waals surface area (Å²) in [5.74, 6) is 0.554. The smallest absolute Gasteiger partial charge is 0.128 e. The molecule has 1 aromatic carbocycles. The van der Waals surface area contributed by atoms with E-state index in [0.717, 1.165) is 25.6 Å². The van der Waals surface area contributed by atoms with Gasteiger partial charge in [0, 0.05) is 12.1 Å². The Balaban J connectivity index is 1.81. The summed E-state index contributed by atoms with van der Waals surface area (Å²) in [5.41, 5.74) is 0.425. The summed E-state index contributed by atoms with van der Waals surface area (Å²) in [5, 5.41) is 10.1. The molecule has 1 saturated heterocycles. The molecule has 112 valence electrons. The molecule has 0 spiro atoms. The number of aliphatic hydroxyl groups is 1. The van der Waals surface area contributed by atoms with Crippen molar-refractivity contribution < 1.29 is 9.50 Å². The highest BCUT2D eigenvalue weighted by atomic mass is 19.1. The maximum atomic E-state index is 13.6. The average molecular weight is 279 g/mol. The fraction of sp³-hybridized carbons (Fsp3) is 0.647. The second-order valence-corrected chi connectivity index (χ2v) is 5.87. The van der Waals surface area contributed by atoms with Gasteiger partial charge in [-0.3, -0.25) is 0 Å². The van der Waals surface area contributed by atoms with Gasteiger partial charge in [-0.1, -0.05) is 31.5 Å². The predicted octanol–water partition coefficient (Wildman–Crippen LogP) is 3.76. The van der Waals surface area contributed by atoms with Gasteiger partial charge in [0.05, 0.1) is 6.10 Å². The third-order valence-corrected chi connectivity index (χ3v) is 4.50. The molecule has 1 aliphatic heterocycles. The molecular weight excluding hydrogens is 253 g/mol. The lowest BCUT2D eigenvalue weighted by Crippen LogP contribution is -2.27. The predicted molar refractivity (Wildman–Crippen MR) is 80.0 cm³/mol. The zero-order chi connectivity index (χ0) is 14.4. The Labute approximate surface area is 121 Å². The van der Waals surface area contributed by atoms with Crippen LogP contribution in [-0.2, 0) is 0 Å². The van der Waals surface area contributed by atoms with Crippen molar-refractivity contribution in [2.45, 2.75) is 45.1 Å². The largest absolute Gasteiger partial charge is 0.388 e. The van der Waals surface area contributed by atoms with Crippen molar-refractivity contribution in [3.63, 3.8) is 0 Å². The van der Waals surface area contributed by atoms with Crippen LogP contribution in [-0.4, -0.2) is 29.6 Å². The highest BCUT2D eigenvalue weighted by Crippen LogP contribution is 2.23. The summed E-state index contributed by atoms with van der Waals surface area (Å²) in [7, 11) is 0. The Hall–Kier alpha value is -0.930. The van der Waals surface area contributed by atoms with E-state index < -0.39 is 6.10 Å². The first kappa shape index (κ1) is 15.5. The molecule has 2 rings (SSSR count). The fourth-order valence-corrected chi connectivity index (χ4v) is 3.06. The number of hydrogen-bond donors (Lipinski definition) is 1. The number of hydrogen-bond acceptors (Lipinski definition) is 2. The summed E-state index contributed by atoms with van der Waals surface area (Å²) in [4.78, 5) is 2.42. The normalized spacial score (nSPS) is 22.4. The summed E-state index contributed by atoms with van der Waals surface area (Å²) in [6.07, 6.45) is 5.01. The molecule has 20 heavy (non-hydrogen) atoms. The summed E-state index contributed by atoms with van der Waals surface area (Å²) >= 11 is 0. The third kappa shape index (κ3) is 4.29. The lowest BCUT2D eigenvalue weighted by atomic mass is 9.98. The van der Waals surface area contributed by atoms with Gasteiger partial charge in [-0.05, 0) is 50.8 Å². The number of aliphatic hydroxyl groups excluding tert-OH is 1. The maximum absolute atomic E-state index is 13.6. The molecule has 1 aliphatic rings. The molecule has 1 N–H and O–H groups in total. The van der Waals surface area contributed by atoms with E-state index in [1.807, 2.05) is 0 Å². The van der Waals surface area contributed by atoms with Crippen LogP contribution in [0.1, 0.15) is 50.7 Å². The van der Waals surface area contributed by atoms with Crippen LogP contribution in [0.3, 0.4) is 0 Å². The highest BCUT2D eigenvalue weighted by Gasteiger charge is 2.18. The van der Waals surface area contributed by atoms with Crippen LogP contribution in [0.4, 0.5) is 4.39 Å². The molecule has 2 unspecified atom stereocenters. The molecule has 0 amide bonds. The van der Waals surface area contributed by atoms with Gasteiger partial charge < -0.3 is 10.0 Å². The first-order valence-electron chi connectivity index (χ1n) is 7.85. The number of likely N-dealkylation sites (tertiary alicyclic amines) is 1. The van der Waals surface area contributed by atoms with E-state index in [1.54, 1.807) is 18.2 Å². The van der Waals surface area contributed by atoms with Crippen molar-refractivity contribution in [2.75, 3.05) is 19.6 Å². The molecule has 1 heterocycles. The van der Waals surface area contributed by atoms with Crippen LogP contribution < -0.4 is 0 Å². The second-order valence-electron chi connectivity index (χ2n) is 5.87. The van der Waals surface area contributed by atoms with E-state index in [-0.39, 0.29) is 5.82 Å². The van der Waals surface area contributed by atoms with Crippen LogP contribution in [0, 0.1) is 11.7 Å². The molecule has 1 aromatic rings. The average Bonchev–Trinajstić information content (AvgIpc) is 2.70. The van der Waals surface area contributed by atoms with Crippen molar-refractivity contribution >= 4 is 0 Å². The van der Waals surface area contributed by atoms with Gasteiger partial charge in [0.2, 0.25) is 0 Å². The van der Waals surface area contributed by atoms with Gasteiger partial charge in [-0.15, -0.1) is 0 Å². The summed E-state index contributed by atoms with van der Waals surface area (Å²) in [6.45, 7) is 5.34. The molecule has 3 heteroatoms. The Morgan fingerprint density at radius 1 is 1.30 bits per heavy atom. The first-order valence-corrected chi connectivity index (χ1v) is 7.85. The molecule has 1 fully saturated rings. The zero-order valence-electron chi connectivity index (χ0n) is 12.4. The van der Waals surface area contributed by atoms with Crippen molar-refractivity contribution in [1.29, 1.82) is 0 Å². The van der Waals surface area contributed by atoms with E-state index in [4.69, 9.17) is 0 Å². The third-order valence-electron chi connectivity index (χ3n) is 4.50. The lowest BCUT2D eigenvalue weighted by Gasteiger charge is -2.22. The van der Waals surface area contributed by atoms with Gasteiger partial charge in [0.1, 0.15) is 5.82 Å². The fourth-order valence-electron chi connectivity index (χ4n) is 3.06. The molecule has 0 aromatic heterocycles. The maximum Gasteiger partial charge on any atom is 0.128 e. The number of benzene rings is 1. The molecule has 0 aliphatic carbocycles. The molecule has 0 radical (unpaired) electrons. The van der Waals surface area contributed by atoms with Crippen LogP contribution in [0.2, 0.25) is 0 Å². The Bertz CT molecular complexity index is 410. The number of rotatable bonds is 5. The lowest BCUT2D eigenvalue weighted by molar-refractivity contribution is 0.139. The van der Waals surface area contributed by atoms with Gasteiger partial charge >= 0.3 is 0 Å². The van der Waals surface area contributed by atoms with E-state index in [9.17, 15) is 9.50 Å². The van der Waals surface area contributed by atoms with Crippen LogP contribution >= 0.6 is 0 Å². The topological polar surface area (TPSA) is 23.5 Å². The number of nitrogens with zero attached hydrogens (tertiary/aromatic N) is 1. The van der Waals surface area contributed by atoms with Crippen molar-refractivity contribution in [3.05, 3.63) is 35.6 Å². The molecule has 2 nitrogen and oxygen atoms in total. The van der Waals surface area contributed by atoms with Crippen molar-refractivity contribution in [1.82, 2.24) is 4.90 Å². The minimum absolute atomic E-state index is 0.304. The Morgan fingerprint density at radius 2 is 2.10 bits per heavy atom.